The standard InChI is InChI=1S/C23H26F3N5/c1-3-20(16-4-5-16)31-14-11-19(12-15-31)30(2)21-10-13-27-22(29-21)28-18-8-6-17(7-9-18)23(24,25)26/h3,6-10,13,19H,1,4-5,11-12,14-15H2,2H3,(H,27,28,29). The van der Waals surface area contributed by atoms with Crippen molar-refractivity contribution < 1.29 is 13.2 Å². The second kappa shape index (κ2) is 8.61. The molecule has 2 aliphatic rings. The summed E-state index contributed by atoms with van der Waals surface area (Å²) in [5, 5.41) is 2.99. The number of hydrogen-bond acceptors (Lipinski definition) is 5. The maximum absolute atomic E-state index is 12.7. The lowest BCUT2D eigenvalue weighted by Crippen LogP contribution is -2.43. The summed E-state index contributed by atoms with van der Waals surface area (Å²) < 4.78 is 38.2. The van der Waals surface area contributed by atoms with E-state index in [1.807, 2.05) is 19.2 Å². The molecule has 5 nitrogen and oxygen atoms in total. The van der Waals surface area contributed by atoms with E-state index in [2.05, 4.69) is 31.7 Å². The number of hydrogen-bond donors (Lipinski definition) is 1. The molecule has 1 aromatic carbocycles. The Balaban J connectivity index is 1.39. The Labute approximate surface area is 180 Å². The van der Waals surface area contributed by atoms with E-state index >= 15 is 0 Å². The lowest BCUT2D eigenvalue weighted by atomic mass is 10.0. The van der Waals surface area contributed by atoms with Crippen molar-refractivity contribution in [3.05, 3.63) is 66.0 Å². The minimum absolute atomic E-state index is 0.356. The number of alkyl halides is 3. The number of allylic oxidation sites excluding steroid dienone is 2. The summed E-state index contributed by atoms with van der Waals surface area (Å²) in [5.74, 6) is 1.14. The molecule has 4 rings (SSSR count). The lowest BCUT2D eigenvalue weighted by molar-refractivity contribution is -0.137. The molecule has 31 heavy (non-hydrogen) atoms. The molecule has 8 heteroatoms. The Morgan fingerprint density at radius 3 is 2.42 bits per heavy atom. The molecule has 0 unspecified atom stereocenters. The molecule has 0 spiro atoms. The molecule has 1 aromatic heterocycles. The number of piperidine rings is 1. The predicted molar refractivity (Wildman–Crippen MR) is 116 cm³/mol. The monoisotopic (exact) mass is 429 g/mol. The highest BCUT2D eigenvalue weighted by Gasteiger charge is 2.30. The zero-order valence-corrected chi connectivity index (χ0v) is 17.5. The van der Waals surface area contributed by atoms with Crippen LogP contribution in [0.25, 0.3) is 0 Å². The van der Waals surface area contributed by atoms with Gasteiger partial charge in [-0.05, 0) is 67.7 Å². The van der Waals surface area contributed by atoms with Gasteiger partial charge in [0.25, 0.3) is 0 Å². The normalized spacial score (nSPS) is 16.8. The Morgan fingerprint density at radius 1 is 1.16 bits per heavy atom. The second-order valence-corrected chi connectivity index (χ2v) is 7.96. The Hall–Kier alpha value is -3.03. The minimum Gasteiger partial charge on any atom is -0.371 e. The van der Waals surface area contributed by atoms with Crippen molar-refractivity contribution in [3.63, 3.8) is 0 Å². The molecule has 2 fully saturated rings. The predicted octanol–water partition coefficient (Wildman–Crippen LogP) is 5.37. The van der Waals surface area contributed by atoms with Crippen LogP contribution in [0.1, 0.15) is 31.2 Å². The largest absolute Gasteiger partial charge is 0.416 e. The van der Waals surface area contributed by atoms with Gasteiger partial charge in [-0.2, -0.15) is 18.2 Å². The van der Waals surface area contributed by atoms with E-state index < -0.39 is 11.7 Å². The number of likely N-dealkylation sites (tertiary alicyclic amines) is 1. The molecule has 1 aliphatic carbocycles. The van der Waals surface area contributed by atoms with Crippen molar-refractivity contribution >= 4 is 17.5 Å². The fourth-order valence-electron chi connectivity index (χ4n) is 3.97. The van der Waals surface area contributed by atoms with Crippen molar-refractivity contribution in [2.45, 2.75) is 37.9 Å². The fourth-order valence-corrected chi connectivity index (χ4v) is 3.97. The van der Waals surface area contributed by atoms with E-state index in [1.165, 1.54) is 36.2 Å². The Kier molecular flexibility index (Phi) is 5.89. The van der Waals surface area contributed by atoms with Gasteiger partial charge in [0.2, 0.25) is 5.95 Å². The second-order valence-electron chi connectivity index (χ2n) is 7.96. The molecule has 164 valence electrons. The number of halogens is 3. The van der Waals surface area contributed by atoms with Gasteiger partial charge in [-0.3, -0.25) is 0 Å². The molecule has 1 saturated heterocycles. The van der Waals surface area contributed by atoms with Crippen molar-refractivity contribution in [3.8, 4) is 0 Å². The van der Waals surface area contributed by atoms with Gasteiger partial charge in [0.1, 0.15) is 5.82 Å². The highest BCUT2D eigenvalue weighted by atomic mass is 19.4. The van der Waals surface area contributed by atoms with Gasteiger partial charge in [0.05, 0.1) is 5.56 Å². The van der Waals surface area contributed by atoms with Crippen LogP contribution in [0, 0.1) is 0 Å². The molecule has 2 aromatic rings. The molecule has 0 atom stereocenters. The van der Waals surface area contributed by atoms with Crippen LogP contribution in [-0.4, -0.2) is 41.0 Å². The van der Waals surface area contributed by atoms with Crippen LogP contribution in [-0.2, 0) is 6.18 Å². The first-order chi connectivity index (χ1) is 14.8. The van der Waals surface area contributed by atoms with Crippen LogP contribution >= 0.6 is 0 Å². The molecule has 0 radical (unpaired) electrons. The maximum atomic E-state index is 12.7. The van der Waals surface area contributed by atoms with Gasteiger partial charge < -0.3 is 15.1 Å². The zero-order valence-electron chi connectivity index (χ0n) is 17.5. The Morgan fingerprint density at radius 2 is 1.84 bits per heavy atom. The van der Waals surface area contributed by atoms with E-state index in [9.17, 15) is 13.2 Å². The van der Waals surface area contributed by atoms with Crippen LogP contribution in [0.5, 0.6) is 0 Å². The SMILES string of the molecule is C=CC(=C1CC1)N1CCC(N(C)c2ccnc(Nc3ccc(C(F)(F)F)cc3)n2)CC1. The van der Waals surface area contributed by atoms with Crippen molar-refractivity contribution in [1.29, 1.82) is 0 Å². The molecule has 1 saturated carbocycles. The summed E-state index contributed by atoms with van der Waals surface area (Å²) in [5.41, 5.74) is 2.64. The molecule has 0 amide bonds. The van der Waals surface area contributed by atoms with E-state index in [1.54, 1.807) is 6.20 Å². The van der Waals surface area contributed by atoms with Gasteiger partial charge in [-0.25, -0.2) is 4.98 Å². The molecule has 1 aliphatic heterocycles. The molecular weight excluding hydrogens is 403 g/mol. The van der Waals surface area contributed by atoms with Crippen LogP contribution in [0.15, 0.2) is 60.5 Å². The van der Waals surface area contributed by atoms with E-state index in [4.69, 9.17) is 0 Å². The van der Waals surface area contributed by atoms with Crippen molar-refractivity contribution in [2.24, 2.45) is 0 Å². The third-order valence-corrected chi connectivity index (χ3v) is 5.88. The number of aromatic nitrogens is 2. The quantitative estimate of drug-likeness (QED) is 0.669. The molecule has 0 bridgehead atoms. The average molecular weight is 429 g/mol. The first-order valence-electron chi connectivity index (χ1n) is 10.4. The summed E-state index contributed by atoms with van der Waals surface area (Å²) in [7, 11) is 2.03. The number of nitrogens with zero attached hydrogens (tertiary/aromatic N) is 4. The van der Waals surface area contributed by atoms with Crippen LogP contribution in [0.2, 0.25) is 0 Å². The third-order valence-electron chi connectivity index (χ3n) is 5.88. The highest BCUT2D eigenvalue weighted by molar-refractivity contribution is 5.55. The van der Waals surface area contributed by atoms with E-state index in [0.29, 0.717) is 17.7 Å². The first kappa shape index (κ1) is 21.2. The molecular formula is C23H26F3N5. The van der Waals surface area contributed by atoms with Gasteiger partial charge in [-0.15, -0.1) is 0 Å². The zero-order chi connectivity index (χ0) is 22.0. The van der Waals surface area contributed by atoms with Crippen LogP contribution in [0.4, 0.5) is 30.6 Å². The summed E-state index contributed by atoms with van der Waals surface area (Å²) in [6, 6.07) is 7.06. The maximum Gasteiger partial charge on any atom is 0.416 e. The van der Waals surface area contributed by atoms with Gasteiger partial charge in [0, 0.05) is 43.8 Å². The van der Waals surface area contributed by atoms with Crippen LogP contribution in [0.3, 0.4) is 0 Å². The number of rotatable bonds is 6. The fraction of sp³-hybridized carbons (Fsp3) is 0.391. The van der Waals surface area contributed by atoms with E-state index in [-0.39, 0.29) is 0 Å². The van der Waals surface area contributed by atoms with Crippen LogP contribution < -0.4 is 10.2 Å². The lowest BCUT2D eigenvalue weighted by Gasteiger charge is -2.38. The first-order valence-corrected chi connectivity index (χ1v) is 10.4. The average Bonchev–Trinajstić information content (AvgIpc) is 3.59. The third kappa shape index (κ3) is 5.00. The van der Waals surface area contributed by atoms with E-state index in [0.717, 1.165) is 43.9 Å². The van der Waals surface area contributed by atoms with Gasteiger partial charge in [-0.1, -0.05) is 6.58 Å². The number of anilines is 3. The van der Waals surface area contributed by atoms with Crippen molar-refractivity contribution in [1.82, 2.24) is 14.9 Å². The van der Waals surface area contributed by atoms with Gasteiger partial charge in [0.15, 0.2) is 0 Å². The van der Waals surface area contributed by atoms with Crippen molar-refractivity contribution in [2.75, 3.05) is 30.4 Å². The summed E-state index contributed by atoms with van der Waals surface area (Å²) in [6.07, 6.45) is 3.71. The minimum atomic E-state index is -4.35. The topological polar surface area (TPSA) is 44.3 Å². The molecule has 1 N–H and O–H groups in total. The summed E-state index contributed by atoms with van der Waals surface area (Å²) >= 11 is 0. The number of nitrogens with one attached hydrogen (secondary N) is 1. The highest BCUT2D eigenvalue weighted by Crippen LogP contribution is 2.35. The molecule has 2 heterocycles. The summed E-state index contributed by atoms with van der Waals surface area (Å²) in [4.78, 5) is 13.4. The number of benzene rings is 1. The summed E-state index contributed by atoms with van der Waals surface area (Å²) in [6.45, 7) is 5.95. The smallest absolute Gasteiger partial charge is 0.371 e. The van der Waals surface area contributed by atoms with Gasteiger partial charge >= 0.3 is 6.18 Å². The Bertz CT molecular complexity index is 954.